The third-order valence-electron chi connectivity index (χ3n) is 6.49. The van der Waals surface area contributed by atoms with Crippen LogP contribution in [-0.2, 0) is 11.8 Å². The van der Waals surface area contributed by atoms with E-state index in [0.29, 0.717) is 42.3 Å². The highest BCUT2D eigenvalue weighted by Crippen LogP contribution is 2.29. The second kappa shape index (κ2) is 9.95. The molecular weight excluding hydrogens is 458 g/mol. The maximum absolute atomic E-state index is 13.9. The Kier molecular flexibility index (Phi) is 7.11. The zero-order valence-electron chi connectivity index (χ0n) is 22.4. The van der Waals surface area contributed by atoms with E-state index >= 15 is 0 Å². The summed E-state index contributed by atoms with van der Waals surface area (Å²) in [5, 5.41) is 5.28. The van der Waals surface area contributed by atoms with Crippen LogP contribution in [0.2, 0.25) is 0 Å². The molecule has 4 rings (SSSR count). The van der Waals surface area contributed by atoms with Gasteiger partial charge in [-0.15, -0.1) is 0 Å². The molecule has 194 valence electrons. The fourth-order valence-corrected chi connectivity index (χ4v) is 4.83. The fraction of sp³-hybridized carbons (Fsp3) is 0.556. The number of aromatic nitrogens is 3. The summed E-state index contributed by atoms with van der Waals surface area (Å²) in [5.74, 6) is 0.713. The van der Waals surface area contributed by atoms with Crippen molar-refractivity contribution in [2.24, 2.45) is 13.0 Å². The van der Waals surface area contributed by atoms with Crippen LogP contribution >= 0.6 is 0 Å². The molecule has 1 aliphatic rings. The molecule has 0 spiro atoms. The molecule has 3 aromatic rings. The molecule has 36 heavy (non-hydrogen) atoms. The number of rotatable bonds is 5. The Morgan fingerprint density at radius 2 is 2.06 bits per heavy atom. The number of aryl methyl sites for hydroxylation is 2. The molecule has 9 nitrogen and oxygen atoms in total. The van der Waals surface area contributed by atoms with E-state index in [2.05, 4.69) is 5.10 Å². The van der Waals surface area contributed by atoms with Crippen LogP contribution in [0.5, 0.6) is 0 Å². The maximum atomic E-state index is 13.9. The topological polar surface area (TPSA) is 93.7 Å². The van der Waals surface area contributed by atoms with Crippen molar-refractivity contribution < 1.29 is 18.7 Å². The highest BCUT2D eigenvalue weighted by Gasteiger charge is 2.32. The molecule has 0 bridgehead atoms. The van der Waals surface area contributed by atoms with Crippen molar-refractivity contribution in [1.82, 2.24) is 24.6 Å². The van der Waals surface area contributed by atoms with Crippen molar-refractivity contribution in [3.63, 3.8) is 0 Å². The quantitative estimate of drug-likeness (QED) is 0.493. The predicted octanol–water partition coefficient (Wildman–Crippen LogP) is 5.03. The minimum Gasteiger partial charge on any atom is -0.463 e. The minimum atomic E-state index is -0.557. The van der Waals surface area contributed by atoms with Crippen LogP contribution in [-0.4, -0.2) is 67.8 Å². The lowest BCUT2D eigenvalue weighted by Crippen LogP contribution is -2.48. The van der Waals surface area contributed by atoms with E-state index in [1.165, 1.54) is 0 Å². The van der Waals surface area contributed by atoms with E-state index in [0.717, 1.165) is 23.9 Å². The molecule has 2 amide bonds. The first kappa shape index (κ1) is 25.7. The lowest BCUT2D eigenvalue weighted by molar-refractivity contribution is 0.0124. The van der Waals surface area contributed by atoms with Crippen LogP contribution in [0.1, 0.15) is 63.5 Å². The monoisotopic (exact) mass is 495 g/mol. The number of carbonyl (C=O) groups is 2. The van der Waals surface area contributed by atoms with Gasteiger partial charge in [-0.25, -0.2) is 9.78 Å². The second-order valence-corrected chi connectivity index (χ2v) is 10.9. The largest absolute Gasteiger partial charge is 0.463 e. The van der Waals surface area contributed by atoms with Gasteiger partial charge in [-0.05, 0) is 78.5 Å². The number of ether oxygens (including phenoxy) is 1. The molecule has 9 heteroatoms. The Labute approximate surface area is 212 Å². The van der Waals surface area contributed by atoms with Crippen LogP contribution in [0.3, 0.4) is 0 Å². The number of amides is 2. The molecule has 1 saturated heterocycles. The highest BCUT2D eigenvalue weighted by atomic mass is 16.6. The van der Waals surface area contributed by atoms with Gasteiger partial charge in [0.1, 0.15) is 11.3 Å². The average molecular weight is 496 g/mol. The van der Waals surface area contributed by atoms with Crippen LogP contribution in [0.15, 0.2) is 28.9 Å². The van der Waals surface area contributed by atoms with Gasteiger partial charge in [0.25, 0.3) is 5.91 Å². The molecule has 0 saturated carbocycles. The molecule has 1 atom stereocenters. The van der Waals surface area contributed by atoms with Gasteiger partial charge in [-0.3, -0.25) is 9.48 Å². The molecule has 1 unspecified atom stereocenters. The first-order valence-corrected chi connectivity index (χ1v) is 12.6. The Morgan fingerprint density at radius 3 is 2.69 bits per heavy atom. The van der Waals surface area contributed by atoms with Crippen molar-refractivity contribution in [2.45, 2.75) is 66.0 Å². The molecule has 0 N–H and O–H groups in total. The number of nitrogens with zero attached hydrogens (tertiary/aromatic N) is 5. The smallest absolute Gasteiger partial charge is 0.410 e. The second-order valence-electron chi connectivity index (χ2n) is 10.9. The Bertz CT molecular complexity index is 1240. The number of hydrogen-bond acceptors (Lipinski definition) is 6. The number of piperidine rings is 1. The molecule has 1 aliphatic heterocycles. The molecular formula is C27H37N5O4. The van der Waals surface area contributed by atoms with Gasteiger partial charge in [0.05, 0.1) is 22.9 Å². The lowest BCUT2D eigenvalue weighted by Gasteiger charge is -2.37. The van der Waals surface area contributed by atoms with Gasteiger partial charge in [0, 0.05) is 32.7 Å². The summed E-state index contributed by atoms with van der Waals surface area (Å²) in [6, 6.07) is 5.44. The van der Waals surface area contributed by atoms with Crippen LogP contribution in [0, 0.1) is 12.8 Å². The summed E-state index contributed by atoms with van der Waals surface area (Å²) >= 11 is 0. The first-order chi connectivity index (χ1) is 16.9. The molecule has 4 heterocycles. The Balaban J connectivity index is 1.60. The summed E-state index contributed by atoms with van der Waals surface area (Å²) in [7, 11) is 1.83. The van der Waals surface area contributed by atoms with Crippen LogP contribution in [0.25, 0.3) is 22.5 Å². The standard InChI is InChI=1S/C27H37N5O4/c1-17(2)32(26(34)36-27(4,5)6)16-19-10-8-12-31(15-19)25(33)20-14-21(22-11-9-13-35-22)28-24-23(20)18(3)29-30(24)7/h9,11,13-14,17,19H,8,10,12,15-16H2,1-7H3. The molecule has 3 aromatic heterocycles. The highest BCUT2D eigenvalue weighted by molar-refractivity contribution is 6.07. The van der Waals surface area contributed by atoms with E-state index in [4.69, 9.17) is 14.1 Å². The minimum absolute atomic E-state index is 0.000326. The number of pyridine rings is 1. The van der Waals surface area contributed by atoms with Gasteiger partial charge in [-0.2, -0.15) is 5.10 Å². The van der Waals surface area contributed by atoms with E-state index < -0.39 is 5.60 Å². The Morgan fingerprint density at radius 1 is 1.31 bits per heavy atom. The molecule has 0 aromatic carbocycles. The van der Waals surface area contributed by atoms with E-state index in [1.54, 1.807) is 21.9 Å². The summed E-state index contributed by atoms with van der Waals surface area (Å²) in [5.41, 5.74) is 2.03. The number of carbonyl (C=O) groups excluding carboxylic acids is 2. The number of likely N-dealkylation sites (tertiary alicyclic amines) is 1. The Hall–Kier alpha value is -3.36. The maximum Gasteiger partial charge on any atom is 0.410 e. The first-order valence-electron chi connectivity index (χ1n) is 12.6. The third-order valence-corrected chi connectivity index (χ3v) is 6.49. The predicted molar refractivity (Wildman–Crippen MR) is 138 cm³/mol. The number of furan rings is 1. The SMILES string of the molecule is Cc1nn(C)c2nc(-c3ccco3)cc(C(=O)N3CCCC(CN(C(=O)OC(C)(C)C)C(C)C)C3)c12. The van der Waals surface area contributed by atoms with Crippen LogP contribution < -0.4 is 0 Å². The summed E-state index contributed by atoms with van der Waals surface area (Å²) < 4.78 is 12.9. The summed E-state index contributed by atoms with van der Waals surface area (Å²) in [6.07, 6.45) is 3.11. The molecule has 0 aliphatic carbocycles. The van der Waals surface area contributed by atoms with E-state index in [-0.39, 0.29) is 24.0 Å². The van der Waals surface area contributed by atoms with Crippen molar-refractivity contribution in [1.29, 1.82) is 0 Å². The normalized spacial score (nSPS) is 16.6. The average Bonchev–Trinajstić information content (AvgIpc) is 3.44. The summed E-state index contributed by atoms with van der Waals surface area (Å²) in [4.78, 5) is 35.2. The van der Waals surface area contributed by atoms with Crippen molar-refractivity contribution in [2.75, 3.05) is 19.6 Å². The summed E-state index contributed by atoms with van der Waals surface area (Å²) in [6.45, 7) is 13.3. The zero-order valence-corrected chi connectivity index (χ0v) is 22.4. The van der Waals surface area contributed by atoms with Crippen molar-refractivity contribution in [3.8, 4) is 11.5 Å². The van der Waals surface area contributed by atoms with Gasteiger partial charge in [0.15, 0.2) is 11.4 Å². The molecule has 1 fully saturated rings. The van der Waals surface area contributed by atoms with Crippen molar-refractivity contribution in [3.05, 3.63) is 35.7 Å². The number of fused-ring (bicyclic) bond motifs is 1. The van der Waals surface area contributed by atoms with Gasteiger partial charge in [-0.1, -0.05) is 0 Å². The van der Waals surface area contributed by atoms with Gasteiger partial charge >= 0.3 is 6.09 Å². The van der Waals surface area contributed by atoms with E-state index in [9.17, 15) is 9.59 Å². The van der Waals surface area contributed by atoms with Crippen LogP contribution in [0.4, 0.5) is 4.79 Å². The number of hydrogen-bond donors (Lipinski definition) is 0. The van der Waals surface area contributed by atoms with Gasteiger partial charge < -0.3 is 19.0 Å². The lowest BCUT2D eigenvalue weighted by atomic mass is 9.96. The zero-order chi connectivity index (χ0) is 26.2. The van der Waals surface area contributed by atoms with E-state index in [1.807, 2.05) is 65.6 Å². The molecule has 0 radical (unpaired) electrons. The van der Waals surface area contributed by atoms with Crippen molar-refractivity contribution >= 4 is 23.0 Å². The fourth-order valence-electron chi connectivity index (χ4n) is 4.83. The van der Waals surface area contributed by atoms with Gasteiger partial charge in [0.2, 0.25) is 0 Å². The third kappa shape index (κ3) is 5.39.